The van der Waals surface area contributed by atoms with Gasteiger partial charge in [-0.1, -0.05) is 12.1 Å². The molecule has 1 N–H and O–H groups in total. The lowest BCUT2D eigenvalue weighted by molar-refractivity contribution is 0.0910. The van der Waals surface area contributed by atoms with Gasteiger partial charge in [-0.05, 0) is 44.7 Å². The smallest absolute Gasteiger partial charge is 0.221 e. The van der Waals surface area contributed by atoms with Crippen LogP contribution in [0.4, 0.5) is 11.5 Å². The second kappa shape index (κ2) is 7.77. The van der Waals surface area contributed by atoms with E-state index in [-0.39, 0.29) is 23.4 Å². The molecule has 5 rings (SSSR count). The molecular formula is C22H25N5O3S. The molecule has 1 saturated carbocycles. The Morgan fingerprint density at radius 1 is 1.13 bits per heavy atom. The summed E-state index contributed by atoms with van der Waals surface area (Å²) in [6.45, 7) is 1.88. The minimum atomic E-state index is -3.16. The Morgan fingerprint density at radius 2 is 1.84 bits per heavy atom. The highest BCUT2D eigenvalue weighted by Crippen LogP contribution is 2.43. The first-order valence-electron chi connectivity index (χ1n) is 10.7. The van der Waals surface area contributed by atoms with E-state index in [0.717, 1.165) is 31.2 Å². The zero-order valence-electron chi connectivity index (χ0n) is 17.4. The molecule has 0 unspecified atom stereocenters. The van der Waals surface area contributed by atoms with Gasteiger partial charge in [0.2, 0.25) is 15.9 Å². The average molecular weight is 440 g/mol. The van der Waals surface area contributed by atoms with Crippen molar-refractivity contribution in [3.05, 3.63) is 41.7 Å². The Balaban J connectivity index is 1.32. The summed E-state index contributed by atoms with van der Waals surface area (Å²) in [7, 11) is -3.16. The van der Waals surface area contributed by atoms with Crippen LogP contribution in [0.15, 0.2) is 30.6 Å². The SMILES string of the molecule is Cc1c(Nc2ccccc2C#N)ncnc1OC1C[C@@H]2CC[C@@H](C1)N2S(=O)(=O)C1CC1. The standard InChI is InChI=1S/C22H25N5O3S/c1-14-21(26-20-5-3-2-4-15(20)12-23)24-13-25-22(14)30-18-10-16-6-7-17(11-18)27(16)31(28,29)19-8-9-19/h2-5,13,16-19H,6-11H2,1H3,(H,24,25,26)/t16-,17-/m0/s1. The first-order chi connectivity index (χ1) is 15.0. The molecule has 2 saturated heterocycles. The van der Waals surface area contributed by atoms with Crippen LogP contribution in [0.1, 0.15) is 49.7 Å². The summed E-state index contributed by atoms with van der Waals surface area (Å²) in [5.74, 6) is 1.08. The van der Waals surface area contributed by atoms with E-state index in [1.807, 2.05) is 25.1 Å². The Hall–Kier alpha value is -2.70. The number of anilines is 2. The average Bonchev–Trinajstić information content (AvgIpc) is 3.57. The number of para-hydroxylation sites is 1. The highest BCUT2D eigenvalue weighted by Gasteiger charge is 2.52. The largest absolute Gasteiger partial charge is 0.474 e. The van der Waals surface area contributed by atoms with Crippen molar-refractivity contribution in [3.8, 4) is 11.9 Å². The summed E-state index contributed by atoms with van der Waals surface area (Å²) in [6.07, 6.45) is 6.13. The van der Waals surface area contributed by atoms with Gasteiger partial charge in [0.25, 0.3) is 0 Å². The van der Waals surface area contributed by atoms with Crippen LogP contribution in [-0.4, -0.2) is 46.1 Å². The van der Waals surface area contributed by atoms with Crippen LogP contribution < -0.4 is 10.1 Å². The van der Waals surface area contributed by atoms with Gasteiger partial charge in [-0.15, -0.1) is 0 Å². The van der Waals surface area contributed by atoms with E-state index < -0.39 is 10.0 Å². The highest BCUT2D eigenvalue weighted by molar-refractivity contribution is 7.90. The van der Waals surface area contributed by atoms with Crippen LogP contribution in [0, 0.1) is 18.3 Å². The lowest BCUT2D eigenvalue weighted by Crippen LogP contribution is -2.50. The second-order valence-corrected chi connectivity index (χ2v) is 10.7. The number of hydrogen-bond donors (Lipinski definition) is 1. The Labute approximate surface area is 182 Å². The van der Waals surface area contributed by atoms with Gasteiger partial charge in [0.05, 0.1) is 22.1 Å². The number of nitrogens with one attached hydrogen (secondary N) is 1. The number of sulfonamides is 1. The number of ether oxygens (including phenoxy) is 1. The van der Waals surface area contributed by atoms with Crippen molar-refractivity contribution >= 4 is 21.5 Å². The molecule has 0 radical (unpaired) electrons. The minimum Gasteiger partial charge on any atom is -0.474 e. The fraction of sp³-hybridized carbons (Fsp3) is 0.500. The second-order valence-electron chi connectivity index (χ2n) is 8.61. The zero-order chi connectivity index (χ0) is 21.6. The van der Waals surface area contributed by atoms with Gasteiger partial charge in [0.1, 0.15) is 24.3 Å². The van der Waals surface area contributed by atoms with Crippen molar-refractivity contribution in [2.75, 3.05) is 5.32 Å². The molecule has 3 heterocycles. The number of nitriles is 1. The van der Waals surface area contributed by atoms with Crippen LogP contribution >= 0.6 is 0 Å². The first kappa shape index (κ1) is 20.2. The van der Waals surface area contributed by atoms with Crippen LogP contribution in [0.25, 0.3) is 0 Å². The predicted octanol–water partition coefficient (Wildman–Crippen LogP) is 3.27. The van der Waals surface area contributed by atoms with Gasteiger partial charge in [-0.3, -0.25) is 0 Å². The molecule has 3 aliphatic rings. The molecular weight excluding hydrogens is 414 g/mol. The maximum Gasteiger partial charge on any atom is 0.221 e. The fourth-order valence-corrected chi connectivity index (χ4v) is 7.08. The topological polar surface area (TPSA) is 108 Å². The molecule has 1 aromatic heterocycles. The van der Waals surface area contributed by atoms with Crippen molar-refractivity contribution < 1.29 is 13.2 Å². The summed E-state index contributed by atoms with van der Waals surface area (Å²) in [5, 5.41) is 12.4. The maximum absolute atomic E-state index is 12.8. The van der Waals surface area contributed by atoms with Crippen molar-refractivity contribution in [1.82, 2.24) is 14.3 Å². The molecule has 0 amide bonds. The quantitative estimate of drug-likeness (QED) is 0.736. The molecule has 2 atom stereocenters. The van der Waals surface area contributed by atoms with Gasteiger partial charge >= 0.3 is 0 Å². The lowest BCUT2D eigenvalue weighted by atomic mass is 10.0. The van der Waals surface area contributed by atoms with Crippen LogP contribution in [0.3, 0.4) is 0 Å². The van der Waals surface area contributed by atoms with Gasteiger partial charge in [-0.2, -0.15) is 9.57 Å². The summed E-state index contributed by atoms with van der Waals surface area (Å²) in [5.41, 5.74) is 1.97. The van der Waals surface area contributed by atoms with E-state index in [0.29, 0.717) is 35.8 Å². The Morgan fingerprint density at radius 3 is 2.52 bits per heavy atom. The number of benzene rings is 1. The van der Waals surface area contributed by atoms with Crippen LogP contribution in [0.5, 0.6) is 5.88 Å². The molecule has 162 valence electrons. The van der Waals surface area contributed by atoms with Crippen LogP contribution in [0.2, 0.25) is 0 Å². The monoisotopic (exact) mass is 439 g/mol. The van der Waals surface area contributed by atoms with E-state index in [1.54, 1.807) is 10.4 Å². The summed E-state index contributed by atoms with van der Waals surface area (Å²) >= 11 is 0. The van der Waals surface area contributed by atoms with E-state index in [9.17, 15) is 13.7 Å². The molecule has 8 nitrogen and oxygen atoms in total. The highest BCUT2D eigenvalue weighted by atomic mass is 32.2. The van der Waals surface area contributed by atoms with Crippen molar-refractivity contribution in [3.63, 3.8) is 0 Å². The molecule has 0 spiro atoms. The zero-order valence-corrected chi connectivity index (χ0v) is 18.2. The summed E-state index contributed by atoms with van der Waals surface area (Å²) < 4.78 is 33.7. The number of piperidine rings is 1. The molecule has 9 heteroatoms. The Kier molecular flexibility index (Phi) is 5.07. The molecule has 1 aromatic carbocycles. The fourth-order valence-electron chi connectivity index (χ4n) is 4.79. The van der Waals surface area contributed by atoms with E-state index in [1.165, 1.54) is 6.33 Å². The summed E-state index contributed by atoms with van der Waals surface area (Å²) in [4.78, 5) is 8.64. The Bertz CT molecular complexity index is 1130. The summed E-state index contributed by atoms with van der Waals surface area (Å²) in [6, 6.07) is 9.46. The molecule has 2 aromatic rings. The minimum absolute atomic E-state index is 0.0246. The maximum atomic E-state index is 12.8. The lowest BCUT2D eigenvalue weighted by Gasteiger charge is -2.37. The predicted molar refractivity (Wildman–Crippen MR) is 115 cm³/mol. The van der Waals surface area contributed by atoms with Crippen molar-refractivity contribution in [2.45, 2.75) is 68.9 Å². The van der Waals surface area contributed by atoms with Gasteiger partial charge in [0.15, 0.2) is 0 Å². The third-order valence-electron chi connectivity index (χ3n) is 6.48. The van der Waals surface area contributed by atoms with Crippen LogP contribution in [-0.2, 0) is 10.0 Å². The third-order valence-corrected chi connectivity index (χ3v) is 8.98. The first-order valence-corrected chi connectivity index (χ1v) is 12.2. The van der Waals surface area contributed by atoms with Crippen molar-refractivity contribution in [2.24, 2.45) is 0 Å². The van der Waals surface area contributed by atoms with Gasteiger partial charge in [0, 0.05) is 24.9 Å². The van der Waals surface area contributed by atoms with Gasteiger partial charge in [-0.25, -0.2) is 18.4 Å². The number of hydrogen-bond acceptors (Lipinski definition) is 7. The number of aromatic nitrogens is 2. The molecule has 2 bridgehead atoms. The van der Waals surface area contributed by atoms with Gasteiger partial charge < -0.3 is 10.1 Å². The van der Waals surface area contributed by atoms with E-state index >= 15 is 0 Å². The molecule has 31 heavy (non-hydrogen) atoms. The van der Waals surface area contributed by atoms with E-state index in [4.69, 9.17) is 4.74 Å². The number of fused-ring (bicyclic) bond motifs is 2. The third kappa shape index (κ3) is 3.75. The number of rotatable bonds is 6. The van der Waals surface area contributed by atoms with E-state index in [2.05, 4.69) is 21.4 Å². The molecule has 3 fully saturated rings. The normalized spacial score (nSPS) is 25.7. The van der Waals surface area contributed by atoms with Crippen molar-refractivity contribution in [1.29, 1.82) is 5.26 Å². The molecule has 2 aliphatic heterocycles. The molecule has 1 aliphatic carbocycles. The number of nitrogens with zero attached hydrogens (tertiary/aromatic N) is 4.